The lowest BCUT2D eigenvalue weighted by Crippen LogP contribution is -2.56. The SMILES string of the molecule is CC[C@H](C)[C@H](NC(C)=O)C(=O)N[C@@H](CCC(=O)N[C@H](C(=O)N[C@@H](CC=O)C(=O)O)[C@H](C)O)C(=O)O. The van der Waals surface area contributed by atoms with Crippen LogP contribution >= 0.6 is 0 Å². The van der Waals surface area contributed by atoms with E-state index in [2.05, 4.69) is 16.0 Å². The van der Waals surface area contributed by atoms with Crippen molar-refractivity contribution in [2.45, 2.75) is 83.6 Å². The first-order valence-electron chi connectivity index (χ1n) is 11.0. The van der Waals surface area contributed by atoms with Crippen molar-refractivity contribution in [2.75, 3.05) is 0 Å². The first-order valence-corrected chi connectivity index (χ1v) is 11.0. The number of hydrogen-bond acceptors (Lipinski definition) is 8. The maximum Gasteiger partial charge on any atom is 0.326 e. The number of aliphatic hydroxyl groups excluding tert-OH is 1. The van der Waals surface area contributed by atoms with E-state index in [9.17, 15) is 43.8 Å². The van der Waals surface area contributed by atoms with Crippen molar-refractivity contribution in [2.24, 2.45) is 5.92 Å². The number of aldehydes is 1. The number of carboxylic acid groups (broad SMARTS) is 2. The van der Waals surface area contributed by atoms with E-state index in [-0.39, 0.29) is 18.6 Å². The second-order valence-corrected chi connectivity index (χ2v) is 8.09. The number of nitrogens with one attached hydrogen (secondary N) is 4. The van der Waals surface area contributed by atoms with Crippen molar-refractivity contribution in [3.05, 3.63) is 0 Å². The number of rotatable bonds is 16. The molecule has 0 bridgehead atoms. The van der Waals surface area contributed by atoms with E-state index in [4.69, 9.17) is 5.11 Å². The van der Waals surface area contributed by atoms with Crippen LogP contribution in [0.3, 0.4) is 0 Å². The van der Waals surface area contributed by atoms with Gasteiger partial charge in [0.15, 0.2) is 0 Å². The fourth-order valence-electron chi connectivity index (χ4n) is 2.95. The summed E-state index contributed by atoms with van der Waals surface area (Å²) in [5, 5.41) is 37.2. The van der Waals surface area contributed by atoms with Gasteiger partial charge < -0.3 is 41.4 Å². The number of amides is 4. The van der Waals surface area contributed by atoms with Crippen LogP contribution in [0.1, 0.15) is 53.4 Å². The third-order valence-corrected chi connectivity index (χ3v) is 5.16. The molecule has 0 aliphatic carbocycles. The lowest BCUT2D eigenvalue weighted by Gasteiger charge is -2.25. The molecule has 14 heteroatoms. The molecule has 0 radical (unpaired) electrons. The molecule has 6 atom stereocenters. The minimum atomic E-state index is -1.58. The van der Waals surface area contributed by atoms with Gasteiger partial charge in [-0.2, -0.15) is 0 Å². The molecule has 0 rings (SSSR count). The topological polar surface area (TPSA) is 228 Å². The molecule has 0 aliphatic rings. The van der Waals surface area contributed by atoms with Gasteiger partial charge in [-0.05, 0) is 19.3 Å². The highest BCUT2D eigenvalue weighted by Crippen LogP contribution is 2.09. The van der Waals surface area contributed by atoms with E-state index in [0.717, 1.165) is 6.92 Å². The van der Waals surface area contributed by atoms with E-state index in [0.29, 0.717) is 6.42 Å². The Kier molecular flexibility index (Phi) is 13.8. The summed E-state index contributed by atoms with van der Waals surface area (Å²) in [6.45, 7) is 5.87. The Balaban J connectivity index is 5.21. The lowest BCUT2D eigenvalue weighted by molar-refractivity contribution is -0.143. The number of aliphatic carboxylic acids is 2. The van der Waals surface area contributed by atoms with Crippen molar-refractivity contribution in [1.29, 1.82) is 0 Å². The Labute approximate surface area is 202 Å². The molecule has 0 aromatic rings. The van der Waals surface area contributed by atoms with Crippen LogP contribution in [0.15, 0.2) is 0 Å². The van der Waals surface area contributed by atoms with E-state index >= 15 is 0 Å². The van der Waals surface area contributed by atoms with Gasteiger partial charge >= 0.3 is 11.9 Å². The first-order chi connectivity index (χ1) is 16.2. The Morgan fingerprint density at radius 1 is 0.829 bits per heavy atom. The van der Waals surface area contributed by atoms with Crippen LogP contribution in [0.25, 0.3) is 0 Å². The van der Waals surface area contributed by atoms with Crippen LogP contribution in [0.5, 0.6) is 0 Å². The van der Waals surface area contributed by atoms with E-state index in [1.807, 2.05) is 5.32 Å². The summed E-state index contributed by atoms with van der Waals surface area (Å²) in [6, 6.07) is -5.61. The molecule has 14 nitrogen and oxygen atoms in total. The predicted molar refractivity (Wildman–Crippen MR) is 120 cm³/mol. The average Bonchev–Trinajstić information content (AvgIpc) is 2.76. The summed E-state index contributed by atoms with van der Waals surface area (Å²) in [7, 11) is 0. The summed E-state index contributed by atoms with van der Waals surface area (Å²) in [5.41, 5.74) is 0. The second-order valence-electron chi connectivity index (χ2n) is 8.09. The Bertz CT molecular complexity index is 801. The number of hydrogen-bond donors (Lipinski definition) is 7. The number of carboxylic acids is 2. The molecule has 0 aromatic carbocycles. The molecule has 0 unspecified atom stereocenters. The third kappa shape index (κ3) is 11.4. The van der Waals surface area contributed by atoms with Crippen LogP contribution in [-0.4, -0.2) is 87.4 Å². The van der Waals surface area contributed by atoms with Crippen molar-refractivity contribution in [3.63, 3.8) is 0 Å². The summed E-state index contributed by atoms with van der Waals surface area (Å²) in [6.07, 6.45) is -2.02. The quantitative estimate of drug-likeness (QED) is 0.114. The van der Waals surface area contributed by atoms with Gasteiger partial charge in [-0.1, -0.05) is 20.3 Å². The molecule has 0 saturated heterocycles. The van der Waals surface area contributed by atoms with E-state index in [1.54, 1.807) is 13.8 Å². The maximum absolute atomic E-state index is 12.6. The summed E-state index contributed by atoms with van der Waals surface area (Å²) >= 11 is 0. The first kappa shape index (κ1) is 31.4. The third-order valence-electron chi connectivity index (χ3n) is 5.16. The Morgan fingerprint density at radius 3 is 1.77 bits per heavy atom. The van der Waals surface area contributed by atoms with Gasteiger partial charge in [0.05, 0.1) is 6.10 Å². The highest BCUT2D eigenvalue weighted by atomic mass is 16.4. The fraction of sp³-hybridized carbons (Fsp3) is 0.667. The fourth-order valence-corrected chi connectivity index (χ4v) is 2.95. The largest absolute Gasteiger partial charge is 0.480 e. The van der Waals surface area contributed by atoms with Gasteiger partial charge in [0.1, 0.15) is 30.5 Å². The number of aliphatic hydroxyl groups is 1. The molecule has 0 aliphatic heterocycles. The molecule has 4 amide bonds. The molecule has 198 valence electrons. The maximum atomic E-state index is 12.6. The molecule has 0 spiro atoms. The van der Waals surface area contributed by atoms with Crippen LogP contribution < -0.4 is 21.3 Å². The molecule has 7 N–H and O–H groups in total. The average molecular weight is 503 g/mol. The van der Waals surface area contributed by atoms with E-state index < -0.39 is 78.7 Å². The minimum Gasteiger partial charge on any atom is -0.480 e. The zero-order valence-electron chi connectivity index (χ0n) is 20.1. The molecule has 0 heterocycles. The second kappa shape index (κ2) is 15.4. The van der Waals surface area contributed by atoms with Gasteiger partial charge in [-0.3, -0.25) is 19.2 Å². The Hall–Kier alpha value is -3.55. The van der Waals surface area contributed by atoms with Crippen LogP contribution in [0.4, 0.5) is 0 Å². The van der Waals surface area contributed by atoms with Gasteiger partial charge in [0, 0.05) is 19.8 Å². The van der Waals surface area contributed by atoms with Gasteiger partial charge in [0.25, 0.3) is 0 Å². The van der Waals surface area contributed by atoms with Crippen LogP contribution in [0.2, 0.25) is 0 Å². The van der Waals surface area contributed by atoms with Crippen molar-refractivity contribution in [3.8, 4) is 0 Å². The van der Waals surface area contributed by atoms with Crippen LogP contribution in [-0.2, 0) is 33.6 Å². The summed E-state index contributed by atoms with van der Waals surface area (Å²) < 4.78 is 0. The molecule has 0 fully saturated rings. The zero-order valence-corrected chi connectivity index (χ0v) is 20.1. The normalized spacial score (nSPS) is 15.8. The van der Waals surface area contributed by atoms with Crippen molar-refractivity contribution < 1.29 is 48.9 Å². The predicted octanol–water partition coefficient (Wildman–Crippen LogP) is -2.09. The number of carbonyl (C=O) groups is 7. The minimum absolute atomic E-state index is 0.285. The van der Waals surface area contributed by atoms with Gasteiger partial charge in [-0.25, -0.2) is 9.59 Å². The summed E-state index contributed by atoms with van der Waals surface area (Å²) in [5.74, 6) is -6.34. The molecule has 0 saturated carbocycles. The molecular weight excluding hydrogens is 468 g/mol. The monoisotopic (exact) mass is 502 g/mol. The molecule has 0 aromatic heterocycles. The standard InChI is InChI=1S/C21H34N4O10/c1-5-10(2)16(22-12(4)28)18(30)23-13(20(32)33)6-7-15(29)25-17(11(3)27)19(31)24-14(8-9-26)21(34)35/h9-11,13-14,16-17,27H,5-8H2,1-4H3,(H,22,28)(H,23,30)(H,24,31)(H,25,29)(H,32,33)(H,34,35)/t10-,11-,13-,14-,16-,17-/m0/s1. The highest BCUT2D eigenvalue weighted by Gasteiger charge is 2.31. The zero-order chi connectivity index (χ0) is 27.3. The number of carbonyl (C=O) groups excluding carboxylic acids is 5. The van der Waals surface area contributed by atoms with Gasteiger partial charge in [-0.15, -0.1) is 0 Å². The summed E-state index contributed by atoms with van der Waals surface area (Å²) in [4.78, 5) is 81.9. The van der Waals surface area contributed by atoms with Crippen molar-refractivity contribution in [1.82, 2.24) is 21.3 Å². The van der Waals surface area contributed by atoms with Crippen LogP contribution in [0, 0.1) is 5.92 Å². The van der Waals surface area contributed by atoms with Crippen molar-refractivity contribution >= 4 is 41.9 Å². The van der Waals surface area contributed by atoms with E-state index in [1.165, 1.54) is 6.92 Å². The van der Waals surface area contributed by atoms with Gasteiger partial charge in [0.2, 0.25) is 23.6 Å². The lowest BCUT2D eigenvalue weighted by atomic mass is 9.97. The smallest absolute Gasteiger partial charge is 0.326 e. The molecular formula is C21H34N4O10. The Morgan fingerprint density at radius 2 is 1.34 bits per heavy atom. The molecule has 35 heavy (non-hydrogen) atoms. The highest BCUT2D eigenvalue weighted by molar-refractivity contribution is 5.92.